The van der Waals surface area contributed by atoms with E-state index in [1.54, 1.807) is 6.92 Å². The molecule has 0 aromatic carbocycles. The van der Waals surface area contributed by atoms with Gasteiger partial charge in [-0.3, -0.25) is 24.2 Å². The van der Waals surface area contributed by atoms with E-state index < -0.39 is 12.3 Å². The number of ketones is 2. The molecule has 0 amide bonds. The van der Waals surface area contributed by atoms with Crippen LogP contribution in [0.5, 0.6) is 0 Å². The molecule has 0 aromatic rings. The van der Waals surface area contributed by atoms with E-state index in [2.05, 4.69) is 110 Å². The number of hydrogen-bond donors (Lipinski definition) is 0. The van der Waals surface area contributed by atoms with E-state index in [1.807, 2.05) is 0 Å². The van der Waals surface area contributed by atoms with Crippen molar-refractivity contribution >= 4 is 35.8 Å². The van der Waals surface area contributed by atoms with Crippen LogP contribution in [-0.4, -0.2) is 173 Å². The van der Waals surface area contributed by atoms with Gasteiger partial charge in [0.2, 0.25) is 0 Å². The molecule has 0 rings (SSSR count). The van der Waals surface area contributed by atoms with Gasteiger partial charge in [-0.15, -0.1) is 0 Å². The minimum Gasteiger partial charge on any atom is -0.465 e. The van der Waals surface area contributed by atoms with Crippen molar-refractivity contribution in [2.45, 2.75) is 488 Å². The van der Waals surface area contributed by atoms with Gasteiger partial charge >= 0.3 is 24.2 Å². The predicted molar refractivity (Wildman–Crippen MR) is 489 cm³/mol. The summed E-state index contributed by atoms with van der Waals surface area (Å²) in [6, 6.07) is 0. The molecular formula is C99H196N4O12. The Morgan fingerprint density at radius 1 is 0.235 bits per heavy atom. The van der Waals surface area contributed by atoms with Crippen molar-refractivity contribution in [2.75, 3.05) is 105 Å². The Labute approximate surface area is 713 Å². The molecule has 4 atom stereocenters. The summed E-state index contributed by atoms with van der Waals surface area (Å²) in [5, 5.41) is 0. The van der Waals surface area contributed by atoms with Crippen molar-refractivity contribution in [2.24, 2.45) is 11.8 Å². The molecule has 0 saturated carbocycles. The monoisotopic (exact) mass is 1630 g/mol. The zero-order chi connectivity index (χ0) is 85.4. The summed E-state index contributed by atoms with van der Waals surface area (Å²) < 4.78 is 34.3. The van der Waals surface area contributed by atoms with Crippen molar-refractivity contribution in [3.05, 3.63) is 0 Å². The van der Waals surface area contributed by atoms with Gasteiger partial charge in [-0.2, -0.15) is 0 Å². The van der Waals surface area contributed by atoms with E-state index in [-0.39, 0.29) is 24.1 Å². The number of ether oxygens (including phenoxy) is 6. The number of carbonyl (C=O) groups excluding carboxylic acids is 6. The van der Waals surface area contributed by atoms with Crippen LogP contribution >= 0.6 is 0 Å². The van der Waals surface area contributed by atoms with Crippen molar-refractivity contribution in [1.82, 2.24) is 19.6 Å². The van der Waals surface area contributed by atoms with E-state index in [0.717, 1.165) is 233 Å². The molecule has 16 heteroatoms. The first-order chi connectivity index (χ1) is 56.0. The average Bonchev–Trinajstić information content (AvgIpc) is 0.975. The van der Waals surface area contributed by atoms with Crippen LogP contribution in [0.1, 0.15) is 476 Å². The lowest BCUT2D eigenvalue weighted by Crippen LogP contribution is -2.37. The minimum atomic E-state index is -0.548. The van der Waals surface area contributed by atoms with E-state index >= 15 is 0 Å². The maximum absolute atomic E-state index is 12.9. The third-order valence-corrected chi connectivity index (χ3v) is 23.1. The molecule has 115 heavy (non-hydrogen) atoms. The number of unbranched alkanes of at least 4 members (excludes halogenated alkanes) is 34. The number of likely N-dealkylation sites (N-methyl/N-ethyl adjacent to an activating group) is 2. The average molecular weight is 1630 g/mol. The van der Waals surface area contributed by atoms with Crippen LogP contribution < -0.4 is 0 Å². The number of carbonyl (C=O) groups is 6. The van der Waals surface area contributed by atoms with Gasteiger partial charge in [0, 0.05) is 71.4 Å². The highest BCUT2D eigenvalue weighted by molar-refractivity contribution is 5.78. The highest BCUT2D eigenvalue weighted by Crippen LogP contribution is 2.24. The molecule has 4 unspecified atom stereocenters. The largest absolute Gasteiger partial charge is 0.508 e. The molecule has 16 nitrogen and oxygen atoms in total. The fourth-order valence-electron chi connectivity index (χ4n) is 15.1. The van der Waals surface area contributed by atoms with Crippen LogP contribution in [0.15, 0.2) is 0 Å². The van der Waals surface area contributed by atoms with Gasteiger partial charge in [-0.05, 0) is 174 Å². The van der Waals surface area contributed by atoms with Crippen LogP contribution in [0.25, 0.3) is 0 Å². The normalized spacial score (nSPS) is 12.5. The molecular weight excluding hydrogens is 1440 g/mol. The van der Waals surface area contributed by atoms with Crippen LogP contribution in [-0.2, 0) is 47.6 Å². The number of Topliss-reactive ketones (excluding diaryl/α,β-unsaturated/α-hetero) is 2. The SMILES string of the molecule is CCCCCCC(CCCC)COC(=O)CCCCCCCCC(CCCCCC)OC(=O)OCCN(CCC)CCN(CC)CC.CCCCCCCCC(=O)CCCN(CCOC(=O)OC(CCCCCC)CCCCCCCCC(=O)OCC(CCCC)CCCCCC)CCN(CC)CC.CCCCCCCCC(C)=O. The second-order valence-electron chi connectivity index (χ2n) is 33.9. The van der Waals surface area contributed by atoms with Crippen molar-refractivity contribution in [3.8, 4) is 0 Å². The lowest BCUT2D eigenvalue weighted by molar-refractivity contribution is -0.146. The molecule has 0 aromatic heterocycles. The minimum absolute atomic E-state index is 0.0206. The van der Waals surface area contributed by atoms with E-state index in [0.29, 0.717) is 82.1 Å². The van der Waals surface area contributed by atoms with Gasteiger partial charge in [-0.1, -0.05) is 321 Å². The molecule has 0 saturated heterocycles. The first-order valence-corrected chi connectivity index (χ1v) is 49.9. The highest BCUT2D eigenvalue weighted by Gasteiger charge is 2.21. The summed E-state index contributed by atoms with van der Waals surface area (Å²) in [7, 11) is 0. The molecule has 684 valence electrons. The van der Waals surface area contributed by atoms with Crippen molar-refractivity contribution < 1.29 is 57.2 Å². The first-order valence-electron chi connectivity index (χ1n) is 49.9. The van der Waals surface area contributed by atoms with E-state index in [9.17, 15) is 28.8 Å². The van der Waals surface area contributed by atoms with Gasteiger partial charge in [0.25, 0.3) is 0 Å². The summed E-state index contributed by atoms with van der Waals surface area (Å²) in [6.07, 6.45) is 64.2. The molecule has 0 aliphatic carbocycles. The lowest BCUT2D eigenvalue weighted by atomic mass is 9.96. The lowest BCUT2D eigenvalue weighted by Gasteiger charge is -2.26. The Balaban J connectivity index is -0.00000195. The van der Waals surface area contributed by atoms with Crippen LogP contribution in [0, 0.1) is 11.8 Å². The maximum Gasteiger partial charge on any atom is 0.508 e. The summed E-state index contributed by atoms with van der Waals surface area (Å²) in [6.45, 7) is 43.7. The van der Waals surface area contributed by atoms with Gasteiger partial charge in [0.1, 0.15) is 37.0 Å². The highest BCUT2D eigenvalue weighted by atomic mass is 16.7. The van der Waals surface area contributed by atoms with Crippen molar-refractivity contribution in [3.63, 3.8) is 0 Å². The third kappa shape index (κ3) is 85.4. The Morgan fingerprint density at radius 2 is 0.504 bits per heavy atom. The molecule has 0 N–H and O–H groups in total. The summed E-state index contributed by atoms with van der Waals surface area (Å²) in [5.41, 5.74) is 0. The summed E-state index contributed by atoms with van der Waals surface area (Å²) in [4.78, 5) is 82.9. The molecule has 0 spiro atoms. The summed E-state index contributed by atoms with van der Waals surface area (Å²) >= 11 is 0. The Bertz CT molecular complexity index is 2060. The summed E-state index contributed by atoms with van der Waals surface area (Å²) in [5.74, 6) is 1.71. The topological polar surface area (TPSA) is 171 Å². The van der Waals surface area contributed by atoms with Gasteiger partial charge < -0.3 is 43.0 Å². The predicted octanol–water partition coefficient (Wildman–Crippen LogP) is 28.0. The zero-order valence-electron chi connectivity index (χ0n) is 79.0. The Hall–Kier alpha value is -3.34. The third-order valence-electron chi connectivity index (χ3n) is 23.1. The molecule has 0 heterocycles. The van der Waals surface area contributed by atoms with Gasteiger partial charge in [0.05, 0.1) is 13.2 Å². The second kappa shape index (κ2) is 92.9. The smallest absolute Gasteiger partial charge is 0.465 e. The molecule has 0 aliphatic rings. The molecule has 0 radical (unpaired) electrons. The van der Waals surface area contributed by atoms with Crippen LogP contribution in [0.4, 0.5) is 9.59 Å². The van der Waals surface area contributed by atoms with E-state index in [1.165, 1.54) is 193 Å². The maximum atomic E-state index is 12.9. The fourth-order valence-corrected chi connectivity index (χ4v) is 15.1. The fraction of sp³-hybridized carbons (Fsp3) is 0.939. The molecule has 0 aliphatic heterocycles. The van der Waals surface area contributed by atoms with Gasteiger partial charge in [0.15, 0.2) is 0 Å². The Morgan fingerprint density at radius 3 is 0.835 bits per heavy atom. The first kappa shape index (κ1) is 116. The van der Waals surface area contributed by atoms with Crippen LogP contribution in [0.2, 0.25) is 0 Å². The zero-order valence-corrected chi connectivity index (χ0v) is 79.0. The number of hydrogen-bond acceptors (Lipinski definition) is 16. The van der Waals surface area contributed by atoms with Gasteiger partial charge in [-0.25, -0.2) is 9.59 Å². The quantitative estimate of drug-likeness (QED) is 0.0320. The van der Waals surface area contributed by atoms with E-state index in [4.69, 9.17) is 28.4 Å². The number of esters is 2. The molecule has 0 bridgehead atoms. The van der Waals surface area contributed by atoms with Crippen molar-refractivity contribution in [1.29, 1.82) is 0 Å². The number of rotatable bonds is 86. The number of nitrogens with zero attached hydrogens (tertiary/aromatic N) is 4. The van der Waals surface area contributed by atoms with Crippen LogP contribution in [0.3, 0.4) is 0 Å². The standard InChI is InChI=1S/C49H96N2O6.C40H80N2O5.C10H20O/c1-7-13-17-20-23-27-34-46(52)35-31-39-51(41-40-50(11-5)12-6)42-43-55-49(54)57-47(36-28-19-15-9-3)37-29-24-21-22-25-30-38-48(53)56-44-45(32-16-10-4)33-26-18-14-8-2;1-7-13-16-22-27-37(26-15-9-3)36-46-39(43)30-25-21-19-18-20-24-29-38(28-23-17-14-8-2)47-40(44)45-35-34-42(31-10-4)33-32-41(11-5)12-6;1-3-4-5-6-7-8-9-10(2)11/h45,47H,7-44H2,1-6H3;37-38H,7-36H2,1-6H3;3-9H2,1-2H3. The Kier molecular flexibility index (Phi) is 93.6. The second-order valence-corrected chi connectivity index (χ2v) is 33.9. The molecule has 0 fully saturated rings.